The quantitative estimate of drug-likeness (QED) is 0.547. The minimum absolute atomic E-state index is 0.595. The molecule has 1 aliphatic rings. The molecule has 0 heterocycles. The number of para-hydroxylation sites is 1. The lowest BCUT2D eigenvalue weighted by Crippen LogP contribution is -2.16. The van der Waals surface area contributed by atoms with Crippen LogP contribution in [0, 0.1) is 0 Å². The molecule has 0 amide bonds. The van der Waals surface area contributed by atoms with Gasteiger partial charge in [-0.25, -0.2) is 0 Å². The number of hydrogen-bond donors (Lipinski definition) is 1. The van der Waals surface area contributed by atoms with Crippen molar-refractivity contribution in [2.24, 2.45) is 0 Å². The van der Waals surface area contributed by atoms with Gasteiger partial charge in [0.1, 0.15) is 12.4 Å². The third-order valence-corrected chi connectivity index (χ3v) is 3.07. The van der Waals surface area contributed by atoms with Crippen molar-refractivity contribution in [3.8, 4) is 5.75 Å². The molecule has 0 aromatic heterocycles. The third-order valence-electron chi connectivity index (χ3n) is 3.07. The smallest absolute Gasteiger partial charge is 0.123 e. The molecule has 1 saturated carbocycles. The monoisotopic (exact) mass is 261 g/mol. The van der Waals surface area contributed by atoms with E-state index in [9.17, 15) is 0 Å². The van der Waals surface area contributed by atoms with Gasteiger partial charge in [-0.15, -0.1) is 0 Å². The van der Waals surface area contributed by atoms with E-state index >= 15 is 0 Å². The molecule has 0 spiro atoms. The SMILES string of the molecule is C/C=C/COCCOc1ccccc1CNC1CC1. The molecule has 3 nitrogen and oxygen atoms in total. The summed E-state index contributed by atoms with van der Waals surface area (Å²) in [5, 5.41) is 3.51. The molecule has 19 heavy (non-hydrogen) atoms. The van der Waals surface area contributed by atoms with E-state index in [1.165, 1.54) is 18.4 Å². The van der Waals surface area contributed by atoms with Gasteiger partial charge in [0.05, 0.1) is 13.2 Å². The average Bonchev–Trinajstić information content (AvgIpc) is 3.25. The van der Waals surface area contributed by atoms with Crippen molar-refractivity contribution in [3.05, 3.63) is 42.0 Å². The molecule has 0 saturated heterocycles. The van der Waals surface area contributed by atoms with Gasteiger partial charge in [-0.05, 0) is 25.8 Å². The van der Waals surface area contributed by atoms with Gasteiger partial charge in [-0.3, -0.25) is 0 Å². The minimum Gasteiger partial charge on any atom is -0.491 e. The Kier molecular flexibility index (Phi) is 5.92. The standard InChI is InChI=1S/C16H23NO2/c1-2-3-10-18-11-12-19-16-7-5-4-6-14(16)13-17-15-8-9-15/h2-7,15,17H,8-13H2,1H3/b3-2+. The average molecular weight is 261 g/mol. The first-order valence-corrected chi connectivity index (χ1v) is 7.03. The van der Waals surface area contributed by atoms with E-state index in [0.29, 0.717) is 19.8 Å². The Morgan fingerprint density at radius 2 is 2.11 bits per heavy atom. The van der Waals surface area contributed by atoms with Crippen LogP contribution in [0.4, 0.5) is 0 Å². The summed E-state index contributed by atoms with van der Waals surface area (Å²) in [7, 11) is 0. The van der Waals surface area contributed by atoms with Crippen molar-refractivity contribution < 1.29 is 9.47 Å². The van der Waals surface area contributed by atoms with Gasteiger partial charge in [0, 0.05) is 18.2 Å². The van der Waals surface area contributed by atoms with Gasteiger partial charge in [0.15, 0.2) is 0 Å². The second-order valence-corrected chi connectivity index (χ2v) is 4.76. The normalized spacial score (nSPS) is 15.0. The lowest BCUT2D eigenvalue weighted by atomic mass is 10.2. The van der Waals surface area contributed by atoms with Crippen LogP contribution >= 0.6 is 0 Å². The van der Waals surface area contributed by atoms with Crippen LogP contribution in [0.3, 0.4) is 0 Å². The predicted molar refractivity (Wildman–Crippen MR) is 77.4 cm³/mol. The first-order valence-electron chi connectivity index (χ1n) is 7.03. The maximum absolute atomic E-state index is 5.78. The summed E-state index contributed by atoms with van der Waals surface area (Å²) in [5.74, 6) is 0.963. The number of hydrogen-bond acceptors (Lipinski definition) is 3. The van der Waals surface area contributed by atoms with Crippen molar-refractivity contribution in [3.63, 3.8) is 0 Å². The number of allylic oxidation sites excluding steroid dienone is 1. The maximum Gasteiger partial charge on any atom is 0.123 e. The van der Waals surface area contributed by atoms with Crippen molar-refractivity contribution in [2.75, 3.05) is 19.8 Å². The van der Waals surface area contributed by atoms with Gasteiger partial charge in [0.2, 0.25) is 0 Å². The maximum atomic E-state index is 5.78. The van der Waals surface area contributed by atoms with E-state index in [1.807, 2.05) is 31.2 Å². The summed E-state index contributed by atoms with van der Waals surface area (Å²) in [5.41, 5.74) is 1.22. The number of ether oxygens (including phenoxy) is 2. The van der Waals surface area contributed by atoms with Crippen molar-refractivity contribution in [1.29, 1.82) is 0 Å². The molecule has 2 rings (SSSR count). The van der Waals surface area contributed by atoms with Gasteiger partial charge in [-0.1, -0.05) is 30.4 Å². The zero-order chi connectivity index (χ0) is 13.3. The van der Waals surface area contributed by atoms with Crippen LogP contribution in [-0.2, 0) is 11.3 Å². The van der Waals surface area contributed by atoms with Crippen LogP contribution in [-0.4, -0.2) is 25.9 Å². The Balaban J connectivity index is 1.71. The predicted octanol–water partition coefficient (Wildman–Crippen LogP) is 2.91. The Morgan fingerprint density at radius 1 is 1.26 bits per heavy atom. The van der Waals surface area contributed by atoms with Gasteiger partial charge < -0.3 is 14.8 Å². The Bertz CT molecular complexity index is 399. The molecule has 0 atom stereocenters. The number of rotatable bonds is 9. The lowest BCUT2D eigenvalue weighted by Gasteiger charge is -2.12. The topological polar surface area (TPSA) is 30.5 Å². The molecule has 1 N–H and O–H groups in total. The minimum atomic E-state index is 0.595. The van der Waals surface area contributed by atoms with Crippen molar-refractivity contribution in [2.45, 2.75) is 32.4 Å². The molecule has 0 aliphatic heterocycles. The Morgan fingerprint density at radius 3 is 2.89 bits per heavy atom. The van der Waals surface area contributed by atoms with Crippen LogP contribution in [0.2, 0.25) is 0 Å². The van der Waals surface area contributed by atoms with Crippen LogP contribution in [0.1, 0.15) is 25.3 Å². The molecule has 1 aliphatic carbocycles. The van der Waals surface area contributed by atoms with Crippen molar-refractivity contribution in [1.82, 2.24) is 5.32 Å². The largest absolute Gasteiger partial charge is 0.491 e. The highest BCUT2D eigenvalue weighted by Crippen LogP contribution is 2.22. The van der Waals surface area contributed by atoms with E-state index in [4.69, 9.17) is 9.47 Å². The second-order valence-electron chi connectivity index (χ2n) is 4.76. The highest BCUT2D eigenvalue weighted by molar-refractivity contribution is 5.33. The van der Waals surface area contributed by atoms with Crippen molar-refractivity contribution >= 4 is 0 Å². The van der Waals surface area contributed by atoms with E-state index in [1.54, 1.807) is 0 Å². The fourth-order valence-corrected chi connectivity index (χ4v) is 1.79. The third kappa shape index (κ3) is 5.45. The highest BCUT2D eigenvalue weighted by Gasteiger charge is 2.20. The summed E-state index contributed by atoms with van der Waals surface area (Å²) in [6.45, 7) is 4.75. The molecule has 1 aromatic rings. The van der Waals surface area contributed by atoms with Crippen LogP contribution in [0.5, 0.6) is 5.75 Å². The number of benzene rings is 1. The molecule has 1 fully saturated rings. The molecule has 104 valence electrons. The van der Waals surface area contributed by atoms with E-state index in [0.717, 1.165) is 18.3 Å². The van der Waals surface area contributed by atoms with Gasteiger partial charge in [0.25, 0.3) is 0 Å². The van der Waals surface area contributed by atoms with E-state index < -0.39 is 0 Å². The summed E-state index contributed by atoms with van der Waals surface area (Å²) < 4.78 is 11.2. The summed E-state index contributed by atoms with van der Waals surface area (Å²) in [6.07, 6.45) is 6.59. The molecular formula is C16H23NO2. The molecule has 3 heteroatoms. The highest BCUT2D eigenvalue weighted by atomic mass is 16.5. The molecule has 0 unspecified atom stereocenters. The summed E-state index contributed by atoms with van der Waals surface area (Å²) in [4.78, 5) is 0. The first kappa shape index (κ1) is 14.1. The van der Waals surface area contributed by atoms with Crippen LogP contribution < -0.4 is 10.1 Å². The Labute approximate surface area is 115 Å². The lowest BCUT2D eigenvalue weighted by molar-refractivity contribution is 0.120. The molecule has 0 radical (unpaired) electrons. The summed E-state index contributed by atoms with van der Waals surface area (Å²) in [6, 6.07) is 8.93. The fraction of sp³-hybridized carbons (Fsp3) is 0.500. The molecule has 0 bridgehead atoms. The van der Waals surface area contributed by atoms with Crippen LogP contribution in [0.25, 0.3) is 0 Å². The zero-order valence-electron chi connectivity index (χ0n) is 11.6. The van der Waals surface area contributed by atoms with Gasteiger partial charge >= 0.3 is 0 Å². The van der Waals surface area contributed by atoms with E-state index in [-0.39, 0.29) is 0 Å². The second kappa shape index (κ2) is 7.97. The van der Waals surface area contributed by atoms with Crippen LogP contribution in [0.15, 0.2) is 36.4 Å². The fourth-order valence-electron chi connectivity index (χ4n) is 1.79. The number of nitrogens with one attached hydrogen (secondary N) is 1. The van der Waals surface area contributed by atoms with E-state index in [2.05, 4.69) is 17.4 Å². The zero-order valence-corrected chi connectivity index (χ0v) is 11.6. The Hall–Kier alpha value is -1.32. The first-order chi connectivity index (χ1) is 9.40. The summed E-state index contributed by atoms with van der Waals surface area (Å²) >= 11 is 0. The van der Waals surface area contributed by atoms with Gasteiger partial charge in [-0.2, -0.15) is 0 Å². The molecule has 1 aromatic carbocycles. The molecular weight excluding hydrogens is 238 g/mol.